The maximum Gasteiger partial charge on any atom is 0.416 e. The van der Waals surface area contributed by atoms with Crippen LogP contribution < -0.4 is 9.47 Å². The number of aryl methyl sites for hydroxylation is 2. The lowest BCUT2D eigenvalue weighted by atomic mass is 9.88. The number of hydrogen-bond acceptors (Lipinski definition) is 6. The minimum Gasteiger partial charge on any atom is -0.494 e. The van der Waals surface area contributed by atoms with Gasteiger partial charge >= 0.3 is 12.1 Å². The van der Waals surface area contributed by atoms with Crippen molar-refractivity contribution in [2.45, 2.75) is 62.6 Å². The minimum absolute atomic E-state index is 0.0273. The molecule has 2 atom stereocenters. The molecule has 0 aromatic heterocycles. The van der Waals surface area contributed by atoms with Crippen molar-refractivity contribution < 1.29 is 41.0 Å². The zero-order chi connectivity index (χ0) is 31.1. The summed E-state index contributed by atoms with van der Waals surface area (Å²) in [5, 5.41) is 9.20. The Morgan fingerprint density at radius 1 is 1.07 bits per heavy atom. The van der Waals surface area contributed by atoms with Gasteiger partial charge in [0.25, 0.3) is 0 Å². The molecule has 0 spiro atoms. The summed E-state index contributed by atoms with van der Waals surface area (Å²) in [6.07, 6.45) is -2.97. The third kappa shape index (κ3) is 6.98. The molecular formula is C32H33F3O6S2. The highest BCUT2D eigenvalue weighted by molar-refractivity contribution is 7.99. The highest BCUT2D eigenvalue weighted by Gasteiger charge is 2.41. The number of sulfone groups is 1. The number of carboxylic acids is 1. The van der Waals surface area contributed by atoms with Gasteiger partial charge in [-0.15, -0.1) is 11.8 Å². The lowest BCUT2D eigenvalue weighted by Gasteiger charge is -2.22. The number of ether oxygens (including phenoxy) is 2. The first-order valence-electron chi connectivity index (χ1n) is 14.0. The Labute approximate surface area is 253 Å². The van der Waals surface area contributed by atoms with Gasteiger partial charge in [-0.1, -0.05) is 12.1 Å². The van der Waals surface area contributed by atoms with E-state index in [1.807, 2.05) is 32.0 Å². The van der Waals surface area contributed by atoms with Gasteiger partial charge in [-0.05, 0) is 96.8 Å². The lowest BCUT2D eigenvalue weighted by Crippen LogP contribution is -2.14. The van der Waals surface area contributed by atoms with Gasteiger partial charge in [-0.3, -0.25) is 4.79 Å². The molecule has 5 rings (SSSR count). The minimum atomic E-state index is -4.56. The number of alkyl halides is 3. The topological polar surface area (TPSA) is 89.9 Å². The summed E-state index contributed by atoms with van der Waals surface area (Å²) in [6, 6.07) is 11.7. The Kier molecular flexibility index (Phi) is 8.77. The normalized spacial score (nSPS) is 17.9. The molecule has 0 saturated heterocycles. The SMILES string of the molecule is Cc1cc(OCCCS(C)(=O)=O)cc(C)c1-c1ccc(C(F)(F)F)c2c1CCC2Oc1ccc2c(c1)SCC2CC(=O)O. The molecule has 2 aliphatic rings. The molecule has 43 heavy (non-hydrogen) atoms. The first-order valence-corrected chi connectivity index (χ1v) is 17.1. The number of hydrogen-bond donors (Lipinski definition) is 1. The molecule has 230 valence electrons. The molecule has 6 nitrogen and oxygen atoms in total. The van der Waals surface area contributed by atoms with Crippen LogP contribution in [0.25, 0.3) is 11.1 Å². The Morgan fingerprint density at radius 3 is 2.44 bits per heavy atom. The van der Waals surface area contributed by atoms with E-state index in [0.717, 1.165) is 38.8 Å². The zero-order valence-electron chi connectivity index (χ0n) is 24.1. The summed E-state index contributed by atoms with van der Waals surface area (Å²) in [4.78, 5) is 12.1. The summed E-state index contributed by atoms with van der Waals surface area (Å²) in [5.41, 5.74) is 4.26. The molecule has 0 amide bonds. The molecule has 11 heteroatoms. The van der Waals surface area contributed by atoms with E-state index in [1.54, 1.807) is 18.2 Å². The second-order valence-electron chi connectivity index (χ2n) is 11.3. The van der Waals surface area contributed by atoms with Gasteiger partial charge in [-0.2, -0.15) is 13.2 Å². The van der Waals surface area contributed by atoms with Gasteiger partial charge in [0.05, 0.1) is 24.3 Å². The van der Waals surface area contributed by atoms with E-state index in [2.05, 4.69) is 0 Å². The van der Waals surface area contributed by atoms with Gasteiger partial charge in [0, 0.05) is 28.4 Å². The Balaban J connectivity index is 1.44. The lowest BCUT2D eigenvalue weighted by molar-refractivity contribution is -0.139. The molecule has 0 fully saturated rings. The van der Waals surface area contributed by atoms with Crippen molar-refractivity contribution in [1.82, 2.24) is 0 Å². The maximum atomic E-state index is 14.3. The van der Waals surface area contributed by atoms with Crippen LogP contribution in [0.3, 0.4) is 0 Å². The van der Waals surface area contributed by atoms with Crippen molar-refractivity contribution in [1.29, 1.82) is 0 Å². The number of fused-ring (bicyclic) bond motifs is 2. The molecule has 1 aliphatic heterocycles. The first-order chi connectivity index (χ1) is 20.2. The largest absolute Gasteiger partial charge is 0.494 e. The predicted molar refractivity (Wildman–Crippen MR) is 160 cm³/mol. The molecule has 1 N–H and O–H groups in total. The average molecular weight is 635 g/mol. The summed E-state index contributed by atoms with van der Waals surface area (Å²) >= 11 is 1.53. The average Bonchev–Trinajstić information content (AvgIpc) is 3.49. The fraction of sp³-hybridized carbons (Fsp3) is 0.406. The summed E-state index contributed by atoms with van der Waals surface area (Å²) < 4.78 is 77.7. The van der Waals surface area contributed by atoms with Crippen molar-refractivity contribution in [3.8, 4) is 22.6 Å². The zero-order valence-corrected chi connectivity index (χ0v) is 25.7. The third-order valence-corrected chi connectivity index (χ3v) is 10.2. The summed E-state index contributed by atoms with van der Waals surface area (Å²) in [7, 11) is -3.08. The number of aliphatic carboxylic acids is 1. The number of carbonyl (C=O) groups is 1. The molecule has 0 bridgehead atoms. The predicted octanol–water partition coefficient (Wildman–Crippen LogP) is 7.53. The van der Waals surface area contributed by atoms with Gasteiger partial charge < -0.3 is 14.6 Å². The highest BCUT2D eigenvalue weighted by Crippen LogP contribution is 2.49. The second kappa shape index (κ2) is 12.1. The number of thioether (sulfide) groups is 1. The van der Waals surface area contributed by atoms with Crippen molar-refractivity contribution >= 4 is 27.6 Å². The quantitative estimate of drug-likeness (QED) is 0.231. The van der Waals surface area contributed by atoms with Crippen LogP contribution in [0.5, 0.6) is 11.5 Å². The van der Waals surface area contributed by atoms with Gasteiger partial charge in [0.2, 0.25) is 0 Å². The van der Waals surface area contributed by atoms with Crippen LogP contribution in [0.15, 0.2) is 47.4 Å². The fourth-order valence-corrected chi connectivity index (χ4v) is 8.06. The van der Waals surface area contributed by atoms with Crippen LogP contribution in [0.2, 0.25) is 0 Å². The standard InChI is InChI=1S/C32H33F3O6S2/c1-18-13-22(40-11-4-12-43(3,38)39)14-19(2)30(18)24-7-9-26(32(33,34)35)31-25(24)8-10-27(31)41-21-5-6-23-20(15-29(36)37)17-42-28(23)16-21/h5-7,9,13-14,16,20,27H,4,8,10-12,15,17H2,1-3H3,(H,36,37). The van der Waals surface area contributed by atoms with Crippen molar-refractivity contribution in [3.05, 3.63) is 75.8 Å². The van der Waals surface area contributed by atoms with Crippen LogP contribution in [0.1, 0.15) is 64.7 Å². The van der Waals surface area contributed by atoms with E-state index in [-0.39, 0.29) is 30.3 Å². The number of benzene rings is 3. The molecular weight excluding hydrogens is 601 g/mol. The monoisotopic (exact) mass is 634 g/mol. The summed E-state index contributed by atoms with van der Waals surface area (Å²) in [6.45, 7) is 4.01. The fourth-order valence-electron chi connectivity index (χ4n) is 6.14. The third-order valence-electron chi connectivity index (χ3n) is 7.91. The van der Waals surface area contributed by atoms with Crippen LogP contribution in [-0.2, 0) is 27.2 Å². The van der Waals surface area contributed by atoms with Gasteiger partial charge in [0.15, 0.2) is 0 Å². The summed E-state index contributed by atoms with van der Waals surface area (Å²) in [5.74, 6) is 0.741. The van der Waals surface area contributed by atoms with Gasteiger partial charge in [-0.25, -0.2) is 8.42 Å². The van der Waals surface area contributed by atoms with Crippen LogP contribution in [-0.4, -0.2) is 43.9 Å². The molecule has 3 aromatic carbocycles. The van der Waals surface area contributed by atoms with Crippen molar-refractivity contribution in [2.24, 2.45) is 0 Å². The Hall–Kier alpha value is -3.18. The number of rotatable bonds is 10. The van der Waals surface area contributed by atoms with E-state index in [9.17, 15) is 31.5 Å². The van der Waals surface area contributed by atoms with Gasteiger partial charge in [0.1, 0.15) is 27.4 Å². The Morgan fingerprint density at radius 2 is 1.79 bits per heavy atom. The molecule has 0 saturated carbocycles. The smallest absolute Gasteiger partial charge is 0.416 e. The molecule has 3 aromatic rings. The maximum absolute atomic E-state index is 14.3. The molecule has 1 aliphatic carbocycles. The van der Waals surface area contributed by atoms with E-state index < -0.39 is 33.7 Å². The number of carboxylic acid groups (broad SMARTS) is 1. The second-order valence-corrected chi connectivity index (χ2v) is 14.6. The molecule has 1 heterocycles. The van der Waals surface area contributed by atoms with Crippen LogP contribution in [0.4, 0.5) is 13.2 Å². The van der Waals surface area contributed by atoms with Crippen LogP contribution in [0, 0.1) is 13.8 Å². The van der Waals surface area contributed by atoms with Crippen LogP contribution >= 0.6 is 11.8 Å². The number of halogens is 3. The van der Waals surface area contributed by atoms with Crippen molar-refractivity contribution in [2.75, 3.05) is 24.4 Å². The van der Waals surface area contributed by atoms with E-state index in [0.29, 0.717) is 42.1 Å². The molecule has 2 unspecified atom stereocenters. The van der Waals surface area contributed by atoms with E-state index in [1.165, 1.54) is 18.0 Å². The van der Waals surface area contributed by atoms with Crippen molar-refractivity contribution in [3.63, 3.8) is 0 Å². The Bertz CT molecular complexity index is 1640. The highest BCUT2D eigenvalue weighted by atomic mass is 32.2. The first kappa shape index (κ1) is 31.3. The van der Waals surface area contributed by atoms with E-state index >= 15 is 0 Å². The molecule has 0 radical (unpaired) electrons. The van der Waals surface area contributed by atoms with E-state index in [4.69, 9.17) is 9.47 Å².